The van der Waals surface area contributed by atoms with Gasteiger partial charge in [0.05, 0.1) is 15.1 Å². The van der Waals surface area contributed by atoms with Gasteiger partial charge >= 0.3 is 6.36 Å². The van der Waals surface area contributed by atoms with Gasteiger partial charge in [-0.15, -0.1) is 13.2 Å². The molecule has 0 aromatic heterocycles. The van der Waals surface area contributed by atoms with Crippen LogP contribution in [-0.2, 0) is 0 Å². The molecule has 2 rings (SSSR count). The van der Waals surface area contributed by atoms with Gasteiger partial charge in [-0.1, -0.05) is 34.8 Å². The van der Waals surface area contributed by atoms with E-state index in [1.165, 1.54) is 12.1 Å². The number of hydrogen-bond donors (Lipinski definition) is 0. The lowest BCUT2D eigenvalue weighted by Gasteiger charge is -2.12. The number of halogens is 7. The monoisotopic (exact) mass is 358 g/mol. The molecule has 2 aromatic carbocycles. The van der Waals surface area contributed by atoms with Gasteiger partial charge in [0.15, 0.2) is 0 Å². The fourth-order valence-electron chi connectivity index (χ4n) is 1.64. The Balaban J connectivity index is 2.53. The second-order valence-electron chi connectivity index (χ2n) is 3.94. The summed E-state index contributed by atoms with van der Waals surface area (Å²) in [5, 5.41) is 0.290. The zero-order valence-electron chi connectivity index (χ0n) is 9.94. The topological polar surface area (TPSA) is 9.23 Å². The summed E-state index contributed by atoms with van der Waals surface area (Å²) < 4.78 is 54.1. The Kier molecular flexibility index (Phi) is 4.56. The minimum absolute atomic E-state index is 0.0486. The standard InChI is InChI=1S/C13H5Cl3F4O/c14-9-5-11(16)10(15)4-7(9)8-3-6(1-2-12(8)17)21-13(18,19)20/h1-5H. The molecule has 112 valence electrons. The molecule has 1 nitrogen and oxygen atoms in total. The summed E-state index contributed by atoms with van der Waals surface area (Å²) in [6, 6.07) is 5.13. The maximum Gasteiger partial charge on any atom is 0.573 e. The molecule has 0 radical (unpaired) electrons. The average molecular weight is 360 g/mol. The smallest absolute Gasteiger partial charge is 0.406 e. The minimum atomic E-state index is -4.88. The van der Waals surface area contributed by atoms with Crippen LogP contribution in [0.25, 0.3) is 11.1 Å². The lowest BCUT2D eigenvalue weighted by Crippen LogP contribution is -2.17. The van der Waals surface area contributed by atoms with Crippen LogP contribution in [0.4, 0.5) is 17.6 Å². The Morgan fingerprint density at radius 2 is 1.43 bits per heavy atom. The summed E-state index contributed by atoms with van der Waals surface area (Å²) in [7, 11) is 0. The molecule has 0 atom stereocenters. The summed E-state index contributed by atoms with van der Waals surface area (Å²) in [5.74, 6) is -1.34. The summed E-state index contributed by atoms with van der Waals surface area (Å²) in [5.41, 5.74) is -0.0727. The molecular formula is C13H5Cl3F4O. The molecule has 0 aliphatic rings. The first-order valence-corrected chi connectivity index (χ1v) is 6.51. The molecule has 21 heavy (non-hydrogen) atoms. The van der Waals surface area contributed by atoms with Gasteiger partial charge in [0.1, 0.15) is 11.6 Å². The number of benzene rings is 2. The molecule has 0 saturated heterocycles. The highest BCUT2D eigenvalue weighted by molar-refractivity contribution is 6.44. The maximum absolute atomic E-state index is 13.8. The molecule has 0 saturated carbocycles. The Bertz CT molecular complexity index is 686. The quantitative estimate of drug-likeness (QED) is 0.448. The van der Waals surface area contributed by atoms with Crippen LogP contribution < -0.4 is 4.74 Å². The van der Waals surface area contributed by atoms with Crippen LogP contribution in [0.15, 0.2) is 30.3 Å². The number of rotatable bonds is 2. The van der Waals surface area contributed by atoms with Crippen molar-refractivity contribution in [3.8, 4) is 16.9 Å². The average Bonchev–Trinajstić information content (AvgIpc) is 2.35. The Labute approximate surface area is 132 Å². The summed E-state index contributed by atoms with van der Waals surface area (Å²) in [4.78, 5) is 0. The van der Waals surface area contributed by atoms with E-state index in [1.807, 2.05) is 0 Å². The van der Waals surface area contributed by atoms with E-state index in [9.17, 15) is 17.6 Å². The first-order valence-electron chi connectivity index (χ1n) is 5.37. The minimum Gasteiger partial charge on any atom is -0.406 e. The fraction of sp³-hybridized carbons (Fsp3) is 0.0769. The lowest BCUT2D eigenvalue weighted by molar-refractivity contribution is -0.274. The third-order valence-electron chi connectivity index (χ3n) is 2.47. The van der Waals surface area contributed by atoms with Gasteiger partial charge in [-0.25, -0.2) is 4.39 Å². The van der Waals surface area contributed by atoms with E-state index in [4.69, 9.17) is 34.8 Å². The third-order valence-corrected chi connectivity index (χ3v) is 3.51. The van der Waals surface area contributed by atoms with Gasteiger partial charge in [0.2, 0.25) is 0 Å². The summed E-state index contributed by atoms with van der Waals surface area (Å²) >= 11 is 17.5. The zero-order chi connectivity index (χ0) is 15.8. The van der Waals surface area contributed by atoms with Crippen molar-refractivity contribution in [1.82, 2.24) is 0 Å². The van der Waals surface area contributed by atoms with E-state index in [1.54, 1.807) is 0 Å². The molecule has 0 spiro atoms. The molecule has 0 unspecified atom stereocenters. The van der Waals surface area contributed by atoms with Gasteiger partial charge < -0.3 is 4.74 Å². The largest absolute Gasteiger partial charge is 0.573 e. The van der Waals surface area contributed by atoms with Gasteiger partial charge in [-0.3, -0.25) is 0 Å². The van der Waals surface area contributed by atoms with Crippen molar-refractivity contribution in [3.63, 3.8) is 0 Å². The maximum atomic E-state index is 13.8. The highest BCUT2D eigenvalue weighted by atomic mass is 35.5. The second-order valence-corrected chi connectivity index (χ2v) is 5.16. The van der Waals surface area contributed by atoms with E-state index >= 15 is 0 Å². The number of hydrogen-bond acceptors (Lipinski definition) is 1. The van der Waals surface area contributed by atoms with Crippen LogP contribution >= 0.6 is 34.8 Å². The molecular weight excluding hydrogens is 354 g/mol. The van der Waals surface area contributed by atoms with Crippen molar-refractivity contribution >= 4 is 34.8 Å². The van der Waals surface area contributed by atoms with Crippen molar-refractivity contribution < 1.29 is 22.3 Å². The molecule has 2 aromatic rings. The predicted octanol–water partition coefficient (Wildman–Crippen LogP) is 6.35. The third kappa shape index (κ3) is 3.93. The van der Waals surface area contributed by atoms with Crippen molar-refractivity contribution in [1.29, 1.82) is 0 Å². The van der Waals surface area contributed by atoms with Gasteiger partial charge in [0, 0.05) is 11.1 Å². The SMILES string of the molecule is Fc1ccc(OC(F)(F)F)cc1-c1cc(Cl)c(Cl)cc1Cl. The van der Waals surface area contributed by atoms with Crippen LogP contribution in [0.1, 0.15) is 0 Å². The molecule has 0 aliphatic heterocycles. The highest BCUT2D eigenvalue weighted by Gasteiger charge is 2.31. The van der Waals surface area contributed by atoms with Crippen LogP contribution in [0.3, 0.4) is 0 Å². The predicted molar refractivity (Wildman–Crippen MR) is 73.5 cm³/mol. The van der Waals surface area contributed by atoms with E-state index in [0.717, 1.165) is 18.2 Å². The van der Waals surface area contributed by atoms with Crippen LogP contribution in [0.5, 0.6) is 5.75 Å². The first kappa shape index (κ1) is 16.2. The molecule has 0 heterocycles. The van der Waals surface area contributed by atoms with Crippen molar-refractivity contribution in [3.05, 3.63) is 51.2 Å². The second kappa shape index (κ2) is 5.91. The van der Waals surface area contributed by atoms with Crippen molar-refractivity contribution in [2.24, 2.45) is 0 Å². The summed E-state index contributed by atoms with van der Waals surface area (Å²) in [6.45, 7) is 0. The van der Waals surface area contributed by atoms with Gasteiger partial charge in [0.25, 0.3) is 0 Å². The number of alkyl halides is 3. The molecule has 0 fully saturated rings. The van der Waals surface area contributed by atoms with E-state index < -0.39 is 17.9 Å². The van der Waals surface area contributed by atoms with Gasteiger partial charge in [-0.05, 0) is 30.3 Å². The Morgan fingerprint density at radius 3 is 2.05 bits per heavy atom. The van der Waals surface area contributed by atoms with Gasteiger partial charge in [-0.2, -0.15) is 0 Å². The molecule has 0 aliphatic carbocycles. The van der Waals surface area contributed by atoms with Crippen LogP contribution in [0.2, 0.25) is 15.1 Å². The fourth-order valence-corrected chi connectivity index (χ4v) is 2.29. The summed E-state index contributed by atoms with van der Waals surface area (Å²) in [6.07, 6.45) is -4.88. The number of ether oxygens (including phenoxy) is 1. The van der Waals surface area contributed by atoms with Crippen LogP contribution in [0, 0.1) is 5.82 Å². The molecule has 0 N–H and O–H groups in total. The lowest BCUT2D eigenvalue weighted by atomic mass is 10.0. The van der Waals surface area contributed by atoms with E-state index in [2.05, 4.69) is 4.74 Å². The Morgan fingerprint density at radius 1 is 0.810 bits per heavy atom. The van der Waals surface area contributed by atoms with E-state index in [-0.39, 0.29) is 26.2 Å². The Hall–Kier alpha value is -1.17. The zero-order valence-corrected chi connectivity index (χ0v) is 12.2. The van der Waals surface area contributed by atoms with Crippen molar-refractivity contribution in [2.75, 3.05) is 0 Å². The van der Waals surface area contributed by atoms with Crippen LogP contribution in [-0.4, -0.2) is 6.36 Å². The highest BCUT2D eigenvalue weighted by Crippen LogP contribution is 2.38. The molecule has 0 bridgehead atoms. The normalized spacial score (nSPS) is 11.6. The first-order chi connectivity index (χ1) is 9.67. The molecule has 0 amide bonds. The van der Waals surface area contributed by atoms with E-state index in [0.29, 0.717) is 0 Å². The van der Waals surface area contributed by atoms with Crippen molar-refractivity contribution in [2.45, 2.75) is 6.36 Å². The molecule has 8 heteroatoms.